The van der Waals surface area contributed by atoms with E-state index in [1.165, 1.54) is 10.9 Å². The van der Waals surface area contributed by atoms with Gasteiger partial charge >= 0.3 is 0 Å². The zero-order valence-electron chi connectivity index (χ0n) is 15.6. The number of nitrogen functional groups attached to an aromatic ring is 1. The van der Waals surface area contributed by atoms with Crippen LogP contribution in [0.4, 0.5) is 5.82 Å². The number of Topliss-reactive ketones (excluding diaryl/α,β-unsaturated/α-hetero) is 1. The first-order valence-electron chi connectivity index (χ1n) is 9.56. The highest BCUT2D eigenvalue weighted by atomic mass is 16.2. The number of rotatable bonds is 5. The molecule has 0 spiro atoms. The second-order valence-corrected chi connectivity index (χ2v) is 7.22. The molecule has 2 aliphatic heterocycles. The summed E-state index contributed by atoms with van der Waals surface area (Å²) in [6.07, 6.45) is 4.08. The van der Waals surface area contributed by atoms with Gasteiger partial charge in [-0.3, -0.25) is 14.4 Å². The van der Waals surface area contributed by atoms with Crippen molar-refractivity contribution in [1.29, 1.82) is 0 Å². The molecule has 0 unspecified atom stereocenters. The third kappa shape index (κ3) is 3.26. The number of nitrogens with two attached hydrogens (primary N) is 1. The Morgan fingerprint density at radius 3 is 2.64 bits per heavy atom. The second kappa shape index (κ2) is 7.46. The molecule has 2 N–H and O–H groups in total. The van der Waals surface area contributed by atoms with Crippen molar-refractivity contribution in [3.63, 3.8) is 0 Å². The maximum absolute atomic E-state index is 13.1. The molecule has 4 rings (SSSR count). The highest BCUT2D eigenvalue weighted by Crippen LogP contribution is 2.25. The normalized spacial score (nSPS) is 19.4. The molecule has 0 radical (unpaired) electrons. The summed E-state index contributed by atoms with van der Waals surface area (Å²) in [5, 5.41) is 4.26. The number of nitrogens with zero attached hydrogens (tertiary/aromatic N) is 4. The first kappa shape index (κ1) is 18.2. The summed E-state index contributed by atoms with van der Waals surface area (Å²) in [5.74, 6) is -0.104. The highest BCUT2D eigenvalue weighted by molar-refractivity contribution is 6.05. The zero-order chi connectivity index (χ0) is 19.7. The van der Waals surface area contributed by atoms with E-state index in [2.05, 4.69) is 5.10 Å². The molecule has 2 aromatic rings. The molecule has 2 saturated heterocycles. The van der Waals surface area contributed by atoms with Gasteiger partial charge in [0.25, 0.3) is 0 Å². The van der Waals surface area contributed by atoms with Gasteiger partial charge in [0.1, 0.15) is 5.82 Å². The lowest BCUT2D eigenvalue weighted by Gasteiger charge is -2.26. The summed E-state index contributed by atoms with van der Waals surface area (Å²) in [6, 6.07) is 8.79. The summed E-state index contributed by atoms with van der Waals surface area (Å²) in [4.78, 5) is 40.8. The Bertz CT molecular complexity index is 908. The first-order chi connectivity index (χ1) is 13.6. The van der Waals surface area contributed by atoms with Gasteiger partial charge in [0.2, 0.25) is 11.8 Å². The first-order valence-corrected chi connectivity index (χ1v) is 9.56. The van der Waals surface area contributed by atoms with Crippen LogP contribution in [0, 0.1) is 0 Å². The maximum Gasteiger partial charge on any atom is 0.242 e. The Balaban J connectivity index is 1.52. The zero-order valence-corrected chi connectivity index (χ0v) is 15.6. The van der Waals surface area contributed by atoms with Crippen molar-refractivity contribution in [2.24, 2.45) is 0 Å². The van der Waals surface area contributed by atoms with E-state index >= 15 is 0 Å². The van der Waals surface area contributed by atoms with Crippen molar-refractivity contribution >= 4 is 23.4 Å². The Hall–Kier alpha value is -3.16. The van der Waals surface area contributed by atoms with Crippen LogP contribution < -0.4 is 5.73 Å². The molecule has 1 aromatic carbocycles. The molecule has 0 bridgehead atoms. The molecule has 3 heterocycles. The van der Waals surface area contributed by atoms with E-state index < -0.39 is 6.04 Å². The van der Waals surface area contributed by atoms with Crippen molar-refractivity contribution in [3.05, 3.63) is 42.1 Å². The summed E-state index contributed by atoms with van der Waals surface area (Å²) in [5.41, 5.74) is 7.29. The van der Waals surface area contributed by atoms with E-state index in [0.717, 1.165) is 18.5 Å². The third-order valence-electron chi connectivity index (χ3n) is 5.45. The molecule has 2 amide bonds. The van der Waals surface area contributed by atoms with Crippen LogP contribution in [0.1, 0.15) is 36.0 Å². The van der Waals surface area contributed by atoms with Crippen LogP contribution in [0.5, 0.6) is 0 Å². The molecular weight excluding hydrogens is 358 g/mol. The number of anilines is 1. The van der Waals surface area contributed by atoms with Gasteiger partial charge in [0.05, 0.1) is 30.0 Å². The van der Waals surface area contributed by atoms with Crippen molar-refractivity contribution in [3.8, 4) is 5.69 Å². The van der Waals surface area contributed by atoms with Gasteiger partial charge in [0.15, 0.2) is 5.78 Å². The Morgan fingerprint density at radius 2 is 1.93 bits per heavy atom. The minimum absolute atomic E-state index is 0.00352. The number of ketones is 1. The largest absolute Gasteiger partial charge is 0.383 e. The lowest BCUT2D eigenvalue weighted by molar-refractivity contribution is -0.138. The molecule has 2 aliphatic rings. The lowest BCUT2D eigenvalue weighted by Crippen LogP contribution is -2.46. The number of carbonyl (C=O) groups is 3. The summed E-state index contributed by atoms with van der Waals surface area (Å²) in [6.45, 7) is 1.17. The number of carbonyl (C=O) groups excluding carboxylic acids is 3. The van der Waals surface area contributed by atoms with E-state index in [-0.39, 0.29) is 30.0 Å². The minimum atomic E-state index is -0.555. The number of amides is 2. The van der Waals surface area contributed by atoms with Gasteiger partial charge in [-0.05, 0) is 31.4 Å². The number of hydrogen-bond donors (Lipinski definition) is 1. The maximum atomic E-state index is 13.1. The van der Waals surface area contributed by atoms with E-state index in [1.54, 1.807) is 9.80 Å². The van der Waals surface area contributed by atoms with Crippen LogP contribution in [-0.4, -0.2) is 62.9 Å². The van der Waals surface area contributed by atoms with Crippen LogP contribution >= 0.6 is 0 Å². The molecule has 1 aromatic heterocycles. The van der Waals surface area contributed by atoms with E-state index in [1.807, 2.05) is 30.3 Å². The molecule has 1 atom stereocenters. The molecule has 0 saturated carbocycles. The molecule has 8 heteroatoms. The van der Waals surface area contributed by atoms with Crippen molar-refractivity contribution < 1.29 is 14.4 Å². The average Bonchev–Trinajstić information content (AvgIpc) is 3.43. The Morgan fingerprint density at radius 1 is 1.14 bits per heavy atom. The Labute approximate surface area is 162 Å². The third-order valence-corrected chi connectivity index (χ3v) is 5.45. The predicted molar refractivity (Wildman–Crippen MR) is 103 cm³/mol. The quantitative estimate of drug-likeness (QED) is 0.786. The van der Waals surface area contributed by atoms with Crippen LogP contribution in [-0.2, 0) is 9.59 Å². The fraction of sp³-hybridized carbons (Fsp3) is 0.400. The summed E-state index contributed by atoms with van der Waals surface area (Å²) < 4.78 is 1.53. The summed E-state index contributed by atoms with van der Waals surface area (Å²) in [7, 11) is 0. The molecule has 8 nitrogen and oxygen atoms in total. The van der Waals surface area contributed by atoms with Crippen LogP contribution in [0.25, 0.3) is 5.69 Å². The van der Waals surface area contributed by atoms with Crippen LogP contribution in [0.3, 0.4) is 0 Å². The minimum Gasteiger partial charge on any atom is -0.383 e. The highest BCUT2D eigenvalue weighted by Gasteiger charge is 2.37. The SMILES string of the molecule is Nc1c(C(=O)[C@H]2CCCN2C(=O)CN2CCCC2=O)cnn1-c1ccccc1. The van der Waals surface area contributed by atoms with Gasteiger partial charge in [0, 0.05) is 19.5 Å². The van der Waals surface area contributed by atoms with Crippen molar-refractivity contribution in [2.75, 3.05) is 25.4 Å². The number of hydrogen-bond acceptors (Lipinski definition) is 5. The number of benzene rings is 1. The van der Waals surface area contributed by atoms with E-state index in [9.17, 15) is 14.4 Å². The van der Waals surface area contributed by atoms with Gasteiger partial charge in [-0.25, -0.2) is 4.68 Å². The fourth-order valence-corrected chi connectivity index (χ4v) is 3.97. The number of para-hydroxylation sites is 1. The lowest BCUT2D eigenvalue weighted by atomic mass is 10.0. The van der Waals surface area contributed by atoms with Crippen molar-refractivity contribution in [2.45, 2.75) is 31.7 Å². The van der Waals surface area contributed by atoms with Gasteiger partial charge in [-0.1, -0.05) is 18.2 Å². The van der Waals surface area contributed by atoms with Gasteiger partial charge < -0.3 is 15.5 Å². The topological polar surface area (TPSA) is 102 Å². The van der Waals surface area contributed by atoms with E-state index in [4.69, 9.17) is 5.73 Å². The molecule has 28 heavy (non-hydrogen) atoms. The molecular formula is C20H23N5O3. The smallest absolute Gasteiger partial charge is 0.242 e. The second-order valence-electron chi connectivity index (χ2n) is 7.22. The molecule has 2 fully saturated rings. The van der Waals surface area contributed by atoms with Gasteiger partial charge in [-0.15, -0.1) is 0 Å². The average molecular weight is 381 g/mol. The monoisotopic (exact) mass is 381 g/mol. The standard InChI is InChI=1S/C20H23N5O3/c21-20-15(12-22-25(20)14-6-2-1-3-7-14)19(28)16-8-4-11-24(16)18(27)13-23-10-5-9-17(23)26/h1-3,6-7,12,16H,4-5,8-11,13,21H2/t16-/m1/s1. The molecule has 146 valence electrons. The van der Waals surface area contributed by atoms with Crippen molar-refractivity contribution in [1.82, 2.24) is 19.6 Å². The predicted octanol–water partition coefficient (Wildman–Crippen LogP) is 1.25. The van der Waals surface area contributed by atoms with Crippen LogP contribution in [0.15, 0.2) is 36.5 Å². The van der Waals surface area contributed by atoms with Gasteiger partial charge in [-0.2, -0.15) is 5.10 Å². The molecule has 0 aliphatic carbocycles. The van der Waals surface area contributed by atoms with Crippen LogP contribution in [0.2, 0.25) is 0 Å². The number of likely N-dealkylation sites (tertiary alicyclic amines) is 2. The van der Waals surface area contributed by atoms with E-state index in [0.29, 0.717) is 31.5 Å². The summed E-state index contributed by atoms with van der Waals surface area (Å²) >= 11 is 0. The number of aromatic nitrogens is 2. The Kier molecular flexibility index (Phi) is 4.85. The fourth-order valence-electron chi connectivity index (χ4n) is 3.97.